The van der Waals surface area contributed by atoms with Gasteiger partial charge >= 0.3 is 6.09 Å². The van der Waals surface area contributed by atoms with Gasteiger partial charge in [-0.05, 0) is 48.7 Å². The number of carbonyl (C=O) groups is 1. The number of piperidine rings is 1. The molecule has 3 aliphatic rings. The summed E-state index contributed by atoms with van der Waals surface area (Å²) in [6.07, 6.45) is 0.827. The molecular formula is C24H28ClF2N3O2. The Kier molecular flexibility index (Phi) is 6.86. The predicted molar refractivity (Wildman–Crippen MR) is 122 cm³/mol. The fourth-order valence-corrected chi connectivity index (χ4v) is 5.20. The lowest BCUT2D eigenvalue weighted by atomic mass is 9.88. The van der Waals surface area contributed by atoms with Gasteiger partial charge < -0.3 is 14.5 Å². The first-order valence-corrected chi connectivity index (χ1v) is 11.1. The van der Waals surface area contributed by atoms with Crippen LogP contribution in [0.1, 0.15) is 30.7 Å². The minimum Gasteiger partial charge on any atom is -0.448 e. The van der Waals surface area contributed by atoms with Crippen molar-refractivity contribution in [1.82, 2.24) is 9.80 Å². The Morgan fingerprint density at radius 1 is 1.03 bits per heavy atom. The number of nitrogens with zero attached hydrogens (tertiary/aromatic N) is 3. The number of hydrogen-bond acceptors (Lipinski definition) is 4. The summed E-state index contributed by atoms with van der Waals surface area (Å²) in [5.74, 6) is -0.0602. The van der Waals surface area contributed by atoms with E-state index in [9.17, 15) is 9.18 Å². The summed E-state index contributed by atoms with van der Waals surface area (Å²) in [6, 6.07) is 14.7. The van der Waals surface area contributed by atoms with E-state index in [1.54, 1.807) is 17.0 Å². The van der Waals surface area contributed by atoms with Crippen molar-refractivity contribution in [3.63, 3.8) is 0 Å². The van der Waals surface area contributed by atoms with Crippen LogP contribution in [0.4, 0.5) is 25.0 Å². The molecule has 8 heteroatoms. The molecule has 3 atom stereocenters. The number of hydrogen-bond donors (Lipinski definition) is 0. The van der Waals surface area contributed by atoms with Crippen molar-refractivity contribution in [3.8, 4) is 0 Å². The van der Waals surface area contributed by atoms with Gasteiger partial charge in [0.2, 0.25) is 0 Å². The number of anilines is 2. The van der Waals surface area contributed by atoms with Gasteiger partial charge in [-0.15, -0.1) is 12.4 Å². The molecule has 3 unspecified atom stereocenters. The smallest absolute Gasteiger partial charge is 0.409 e. The van der Waals surface area contributed by atoms with Crippen LogP contribution in [0.15, 0.2) is 48.5 Å². The van der Waals surface area contributed by atoms with Crippen molar-refractivity contribution in [2.45, 2.75) is 37.5 Å². The third kappa shape index (κ3) is 4.28. The van der Waals surface area contributed by atoms with E-state index in [0.717, 1.165) is 24.2 Å². The molecule has 32 heavy (non-hydrogen) atoms. The molecule has 0 aliphatic carbocycles. The van der Waals surface area contributed by atoms with Gasteiger partial charge in [0.15, 0.2) is 6.30 Å². The standard InChI is InChI=1S/C24H27F2N3O2.ClH/c25-17-7-9-18(10-8-17)29-21-6-2-1-5-19(21)20-16-28(23(26)15-22(20)29)12-4-3-11-27-13-14-31-24(27)30;/h1-2,5-10,20,22-23H,3-4,11-16H2;1H. The number of cyclic esters (lactones) is 1. The topological polar surface area (TPSA) is 36.0 Å². The lowest BCUT2D eigenvalue weighted by Crippen LogP contribution is -2.49. The molecule has 0 radical (unpaired) electrons. The number of para-hydroxylation sites is 1. The maximum Gasteiger partial charge on any atom is 0.409 e. The molecule has 0 N–H and O–H groups in total. The SMILES string of the molecule is Cl.O=C1OCCN1CCCCN1CC2c3ccccc3N(c3ccc(F)cc3)C2CC1F. The monoisotopic (exact) mass is 463 g/mol. The predicted octanol–water partition coefficient (Wildman–Crippen LogP) is 5.09. The third-order valence-electron chi connectivity index (χ3n) is 6.73. The Morgan fingerprint density at radius 2 is 1.78 bits per heavy atom. The molecule has 5 nitrogen and oxygen atoms in total. The molecule has 0 aromatic heterocycles. The summed E-state index contributed by atoms with van der Waals surface area (Å²) in [6.45, 7) is 3.10. The number of rotatable bonds is 6. The van der Waals surface area contributed by atoms with E-state index >= 15 is 4.39 Å². The number of halogens is 3. The second kappa shape index (κ2) is 9.63. The zero-order valence-corrected chi connectivity index (χ0v) is 18.6. The Morgan fingerprint density at radius 3 is 2.53 bits per heavy atom. The summed E-state index contributed by atoms with van der Waals surface area (Å²) in [7, 11) is 0. The highest BCUT2D eigenvalue weighted by Crippen LogP contribution is 2.49. The van der Waals surface area contributed by atoms with Crippen LogP contribution in [0, 0.1) is 5.82 Å². The minimum absolute atomic E-state index is 0. The van der Waals surface area contributed by atoms with Gasteiger partial charge in [-0.1, -0.05) is 18.2 Å². The van der Waals surface area contributed by atoms with Gasteiger partial charge in [0.05, 0.1) is 6.54 Å². The lowest BCUT2D eigenvalue weighted by molar-refractivity contribution is 0.0292. The Labute approximate surface area is 193 Å². The van der Waals surface area contributed by atoms with Gasteiger partial charge in [0.25, 0.3) is 0 Å². The summed E-state index contributed by atoms with van der Waals surface area (Å²) >= 11 is 0. The maximum atomic E-state index is 15.2. The highest BCUT2D eigenvalue weighted by Gasteiger charge is 2.45. The molecule has 2 aromatic rings. The van der Waals surface area contributed by atoms with Gasteiger partial charge in [0.1, 0.15) is 12.4 Å². The second-order valence-electron chi connectivity index (χ2n) is 8.55. The third-order valence-corrected chi connectivity index (χ3v) is 6.73. The largest absolute Gasteiger partial charge is 0.448 e. The van der Waals surface area contributed by atoms with E-state index in [1.165, 1.54) is 17.7 Å². The van der Waals surface area contributed by atoms with Crippen LogP contribution < -0.4 is 4.90 Å². The van der Waals surface area contributed by atoms with Gasteiger partial charge in [-0.3, -0.25) is 4.90 Å². The molecule has 5 rings (SSSR count). The maximum absolute atomic E-state index is 15.2. The zero-order valence-electron chi connectivity index (χ0n) is 17.8. The number of amides is 1. The summed E-state index contributed by atoms with van der Waals surface area (Å²) in [5.41, 5.74) is 3.22. The van der Waals surface area contributed by atoms with Gasteiger partial charge in [-0.2, -0.15) is 0 Å². The first-order chi connectivity index (χ1) is 15.1. The van der Waals surface area contributed by atoms with Crippen molar-refractivity contribution >= 4 is 29.9 Å². The second-order valence-corrected chi connectivity index (χ2v) is 8.55. The summed E-state index contributed by atoms with van der Waals surface area (Å²) < 4.78 is 33.6. The first kappa shape index (κ1) is 22.8. The van der Waals surface area contributed by atoms with Crippen LogP contribution in [0.3, 0.4) is 0 Å². The molecule has 0 saturated carbocycles. The summed E-state index contributed by atoms with van der Waals surface area (Å²) in [5, 5.41) is 0. The molecule has 3 heterocycles. The van der Waals surface area contributed by atoms with Crippen LogP contribution in [0.5, 0.6) is 0 Å². The van der Waals surface area contributed by atoms with Crippen LogP contribution in [-0.2, 0) is 4.74 Å². The quantitative estimate of drug-likeness (QED) is 0.442. The van der Waals surface area contributed by atoms with Crippen LogP contribution >= 0.6 is 12.4 Å². The number of alkyl halides is 1. The Balaban J connectivity index is 0.00000245. The molecule has 0 spiro atoms. The molecule has 3 aliphatic heterocycles. The number of carbonyl (C=O) groups excluding carboxylic acids is 1. The van der Waals surface area contributed by atoms with Crippen LogP contribution in [-0.4, -0.2) is 61.0 Å². The van der Waals surface area contributed by atoms with Crippen LogP contribution in [0.2, 0.25) is 0 Å². The molecule has 1 amide bonds. The first-order valence-electron chi connectivity index (χ1n) is 11.1. The van der Waals surface area contributed by atoms with Crippen molar-refractivity contribution in [2.24, 2.45) is 0 Å². The van der Waals surface area contributed by atoms with E-state index in [-0.39, 0.29) is 36.3 Å². The van der Waals surface area contributed by atoms with Gasteiger partial charge in [0, 0.05) is 49.4 Å². The van der Waals surface area contributed by atoms with E-state index in [2.05, 4.69) is 17.0 Å². The molecular weight excluding hydrogens is 436 g/mol. The van der Waals surface area contributed by atoms with Crippen LogP contribution in [0.25, 0.3) is 0 Å². The number of benzene rings is 2. The molecule has 2 saturated heterocycles. The fraction of sp³-hybridized carbons (Fsp3) is 0.458. The average molecular weight is 464 g/mol. The zero-order chi connectivity index (χ0) is 21.4. The Bertz CT molecular complexity index is 945. The molecule has 0 bridgehead atoms. The van der Waals surface area contributed by atoms with Crippen molar-refractivity contribution in [1.29, 1.82) is 0 Å². The van der Waals surface area contributed by atoms with Crippen molar-refractivity contribution in [2.75, 3.05) is 37.7 Å². The molecule has 172 valence electrons. The average Bonchev–Trinajstić information content (AvgIpc) is 3.32. The van der Waals surface area contributed by atoms with E-state index in [4.69, 9.17) is 4.74 Å². The molecule has 2 fully saturated rings. The summed E-state index contributed by atoms with van der Waals surface area (Å²) in [4.78, 5) is 17.4. The number of ether oxygens (including phenoxy) is 1. The number of likely N-dealkylation sites (tertiary alicyclic amines) is 1. The highest BCUT2D eigenvalue weighted by atomic mass is 35.5. The number of unbranched alkanes of at least 4 members (excludes halogenated alkanes) is 1. The molecule has 2 aromatic carbocycles. The van der Waals surface area contributed by atoms with Crippen molar-refractivity contribution < 1.29 is 18.3 Å². The minimum atomic E-state index is -1.02. The van der Waals surface area contributed by atoms with E-state index in [0.29, 0.717) is 39.2 Å². The normalized spacial score (nSPS) is 24.7. The van der Waals surface area contributed by atoms with Crippen molar-refractivity contribution in [3.05, 3.63) is 59.9 Å². The highest BCUT2D eigenvalue weighted by molar-refractivity contribution is 5.85. The number of fused-ring (bicyclic) bond motifs is 3. The van der Waals surface area contributed by atoms with E-state index < -0.39 is 6.30 Å². The van der Waals surface area contributed by atoms with E-state index in [1.807, 2.05) is 17.0 Å². The lowest BCUT2D eigenvalue weighted by Gasteiger charge is -2.41. The van der Waals surface area contributed by atoms with Gasteiger partial charge in [-0.25, -0.2) is 13.6 Å². The fourth-order valence-electron chi connectivity index (χ4n) is 5.20. The Hall–Kier alpha value is -2.38.